The third kappa shape index (κ3) is 5.93. The summed E-state index contributed by atoms with van der Waals surface area (Å²) in [4.78, 5) is 0. The lowest BCUT2D eigenvalue weighted by Gasteiger charge is -2.20. The molecule has 6 nitrogen and oxygen atoms in total. The van der Waals surface area contributed by atoms with Crippen LogP contribution in [0.2, 0.25) is 0 Å². The van der Waals surface area contributed by atoms with Crippen LogP contribution in [-0.4, -0.2) is 9.13 Å². The average Bonchev–Trinajstić information content (AvgIpc) is 3.82. The number of fused-ring (bicyclic) bond motifs is 6. The number of hydrogen-bond donors (Lipinski definition) is 0. The van der Waals surface area contributed by atoms with Crippen LogP contribution in [0.5, 0.6) is 0 Å². The van der Waals surface area contributed by atoms with E-state index in [4.69, 9.17) is 0 Å². The zero-order valence-corrected chi connectivity index (χ0v) is 32.4. The van der Waals surface area contributed by atoms with Crippen LogP contribution in [0, 0.1) is 45.3 Å². The fraction of sp³-hybridized carbons (Fsp3) is 0.0189. The molecule has 0 bridgehead atoms. The molecule has 8 aromatic carbocycles. The molecule has 9 heteroatoms. The molecule has 62 heavy (non-hydrogen) atoms. The van der Waals surface area contributed by atoms with E-state index in [2.05, 4.69) is 18.2 Å². The summed E-state index contributed by atoms with van der Waals surface area (Å²) in [6, 6.07) is 57.3. The standard InChI is InChI=1S/C53H27F3N6/c54-53(55,56)39-22-32(28-57)21-37(23-39)46-27-49(61-47-15-7-5-13-42(47)44-19-17-33(24-50(44)61)40-11-3-1-9-35(40)29-58)38(31-60)26-52(46)62-48-16-8-6-14-43(48)45-20-18-34(25-51(45)62)41-12-4-2-10-36(41)30-59/h1-27H. The van der Waals surface area contributed by atoms with Gasteiger partial charge in [0.25, 0.3) is 0 Å². The summed E-state index contributed by atoms with van der Waals surface area (Å²) in [7, 11) is 0. The van der Waals surface area contributed by atoms with E-state index in [-0.39, 0.29) is 16.7 Å². The lowest BCUT2D eigenvalue weighted by atomic mass is 9.95. The summed E-state index contributed by atoms with van der Waals surface area (Å²) < 4.78 is 47.8. The quantitative estimate of drug-likeness (QED) is 0.173. The number of hydrogen-bond acceptors (Lipinski definition) is 4. The summed E-state index contributed by atoms with van der Waals surface area (Å²) in [6.45, 7) is 0. The molecule has 0 saturated carbocycles. The summed E-state index contributed by atoms with van der Waals surface area (Å²) in [5.41, 5.74) is 7.16. The molecule has 0 spiro atoms. The number of aromatic nitrogens is 2. The molecule has 0 saturated heterocycles. The summed E-state index contributed by atoms with van der Waals surface area (Å²) in [5, 5.41) is 44.7. The van der Waals surface area contributed by atoms with Crippen LogP contribution in [0.4, 0.5) is 13.2 Å². The molecule has 2 aromatic heterocycles. The number of alkyl halides is 3. The molecule has 0 aliphatic rings. The smallest absolute Gasteiger partial charge is 0.309 e. The van der Waals surface area contributed by atoms with Gasteiger partial charge in [0, 0.05) is 27.1 Å². The summed E-state index contributed by atoms with van der Waals surface area (Å²) in [5.74, 6) is 0. The first-order valence-electron chi connectivity index (χ1n) is 19.5. The number of nitrogens with zero attached hydrogens (tertiary/aromatic N) is 6. The van der Waals surface area contributed by atoms with Gasteiger partial charge in [0.1, 0.15) is 6.07 Å². The number of para-hydroxylation sites is 2. The maximum atomic E-state index is 14.7. The Morgan fingerprint density at radius 2 is 0.855 bits per heavy atom. The molecule has 0 fully saturated rings. The predicted molar refractivity (Wildman–Crippen MR) is 235 cm³/mol. The van der Waals surface area contributed by atoms with Crippen LogP contribution in [0.25, 0.3) is 88.4 Å². The minimum atomic E-state index is -4.77. The van der Waals surface area contributed by atoms with Crippen molar-refractivity contribution in [2.75, 3.05) is 0 Å². The second kappa shape index (κ2) is 14.4. The van der Waals surface area contributed by atoms with Crippen molar-refractivity contribution < 1.29 is 13.2 Å². The zero-order valence-electron chi connectivity index (χ0n) is 32.4. The molecule has 2 heterocycles. The molecule has 10 aromatic rings. The fourth-order valence-electron chi connectivity index (χ4n) is 8.74. The number of halogens is 3. The maximum Gasteiger partial charge on any atom is 0.416 e. The van der Waals surface area contributed by atoms with E-state index in [1.54, 1.807) is 36.4 Å². The average molecular weight is 805 g/mol. The van der Waals surface area contributed by atoms with Gasteiger partial charge in [0.2, 0.25) is 0 Å². The lowest BCUT2D eigenvalue weighted by molar-refractivity contribution is -0.137. The maximum absolute atomic E-state index is 14.7. The minimum Gasteiger partial charge on any atom is -0.309 e. The molecule has 0 aliphatic heterocycles. The summed E-state index contributed by atoms with van der Waals surface area (Å²) in [6.07, 6.45) is -4.77. The largest absolute Gasteiger partial charge is 0.416 e. The van der Waals surface area contributed by atoms with Crippen molar-refractivity contribution in [2.45, 2.75) is 6.18 Å². The highest BCUT2D eigenvalue weighted by Crippen LogP contribution is 2.44. The Hall–Kier alpha value is -8.89. The molecule has 0 aliphatic carbocycles. The van der Waals surface area contributed by atoms with E-state index in [1.165, 1.54) is 6.07 Å². The molecule has 0 unspecified atom stereocenters. The molecule has 10 rings (SSSR count). The van der Waals surface area contributed by atoms with Crippen LogP contribution in [-0.2, 0) is 6.18 Å². The Labute approximate surface area is 352 Å². The van der Waals surface area contributed by atoms with Crippen molar-refractivity contribution in [1.82, 2.24) is 9.13 Å². The van der Waals surface area contributed by atoms with Crippen LogP contribution in [0.1, 0.15) is 27.8 Å². The minimum absolute atomic E-state index is 0.124. The van der Waals surface area contributed by atoms with Gasteiger partial charge in [-0.25, -0.2) is 0 Å². The van der Waals surface area contributed by atoms with Crippen LogP contribution in [0.15, 0.2) is 164 Å². The topological polar surface area (TPSA) is 105 Å². The van der Waals surface area contributed by atoms with Gasteiger partial charge in [0.15, 0.2) is 0 Å². The Morgan fingerprint density at radius 3 is 1.37 bits per heavy atom. The SMILES string of the molecule is N#Cc1cc(-c2cc(-n3c4ccccc4c4ccc(-c5ccccc5C#N)cc43)c(C#N)cc2-n2c3ccccc3c3ccc(-c4ccccc4C#N)cc32)cc(C(F)(F)F)c1. The van der Waals surface area contributed by atoms with Gasteiger partial charge in [-0.05, 0) is 94.5 Å². The number of benzene rings is 8. The third-order valence-corrected chi connectivity index (χ3v) is 11.5. The van der Waals surface area contributed by atoms with Gasteiger partial charge in [-0.15, -0.1) is 0 Å². The van der Waals surface area contributed by atoms with Crippen LogP contribution < -0.4 is 0 Å². The molecule has 290 valence electrons. The van der Waals surface area contributed by atoms with Crippen molar-refractivity contribution in [3.63, 3.8) is 0 Å². The van der Waals surface area contributed by atoms with Gasteiger partial charge < -0.3 is 9.13 Å². The molecule has 0 amide bonds. The highest BCUT2D eigenvalue weighted by Gasteiger charge is 2.32. The van der Waals surface area contributed by atoms with E-state index in [0.29, 0.717) is 44.7 Å². The second-order valence-electron chi connectivity index (χ2n) is 14.9. The Morgan fingerprint density at radius 1 is 0.371 bits per heavy atom. The third-order valence-electron chi connectivity index (χ3n) is 11.5. The highest BCUT2D eigenvalue weighted by molar-refractivity contribution is 6.12. The van der Waals surface area contributed by atoms with E-state index in [0.717, 1.165) is 61.4 Å². The lowest BCUT2D eigenvalue weighted by Crippen LogP contribution is -2.07. The first-order chi connectivity index (χ1) is 30.2. The van der Waals surface area contributed by atoms with Gasteiger partial charge >= 0.3 is 6.18 Å². The van der Waals surface area contributed by atoms with E-state index in [1.807, 2.05) is 124 Å². The van der Waals surface area contributed by atoms with Crippen molar-refractivity contribution in [3.05, 3.63) is 192 Å². The molecular weight excluding hydrogens is 778 g/mol. The predicted octanol–water partition coefficient (Wildman–Crippen LogP) is 13.4. The van der Waals surface area contributed by atoms with Crippen molar-refractivity contribution in [1.29, 1.82) is 21.0 Å². The first kappa shape index (κ1) is 37.4. The normalized spacial score (nSPS) is 11.4. The number of rotatable bonds is 5. The zero-order chi connectivity index (χ0) is 42.7. The van der Waals surface area contributed by atoms with Crippen molar-refractivity contribution in [3.8, 4) is 69.0 Å². The Bertz CT molecular complexity index is 3690. The Balaban J connectivity index is 1.34. The van der Waals surface area contributed by atoms with E-state index >= 15 is 0 Å². The molecule has 0 radical (unpaired) electrons. The van der Waals surface area contributed by atoms with Gasteiger partial charge in [-0.3, -0.25) is 0 Å². The van der Waals surface area contributed by atoms with Crippen molar-refractivity contribution >= 4 is 43.6 Å². The fourth-order valence-corrected chi connectivity index (χ4v) is 8.74. The van der Waals surface area contributed by atoms with Crippen LogP contribution >= 0.6 is 0 Å². The van der Waals surface area contributed by atoms with E-state index < -0.39 is 11.7 Å². The molecule has 0 atom stereocenters. The summed E-state index contributed by atoms with van der Waals surface area (Å²) >= 11 is 0. The van der Waals surface area contributed by atoms with E-state index in [9.17, 15) is 34.2 Å². The molecule has 0 N–H and O–H groups in total. The highest BCUT2D eigenvalue weighted by atomic mass is 19.4. The van der Waals surface area contributed by atoms with Crippen LogP contribution in [0.3, 0.4) is 0 Å². The monoisotopic (exact) mass is 804 g/mol. The van der Waals surface area contributed by atoms with Gasteiger partial charge in [0.05, 0.1) is 79.5 Å². The first-order valence-corrected chi connectivity index (χ1v) is 19.5. The molecular formula is C53H27F3N6. The Kier molecular flexibility index (Phi) is 8.70. The van der Waals surface area contributed by atoms with Gasteiger partial charge in [-0.1, -0.05) is 97.1 Å². The van der Waals surface area contributed by atoms with Crippen molar-refractivity contribution in [2.24, 2.45) is 0 Å². The second-order valence-corrected chi connectivity index (χ2v) is 14.9. The van der Waals surface area contributed by atoms with Gasteiger partial charge in [-0.2, -0.15) is 34.2 Å². The number of nitriles is 4.